The molecule has 0 bridgehead atoms. The maximum absolute atomic E-state index is 13.2. The highest BCUT2D eigenvalue weighted by molar-refractivity contribution is 5.92. The lowest BCUT2D eigenvalue weighted by Gasteiger charge is -2.37. The van der Waals surface area contributed by atoms with E-state index < -0.39 is 35.9 Å². The van der Waals surface area contributed by atoms with Crippen molar-refractivity contribution < 1.29 is 24.2 Å². The minimum atomic E-state index is -1.31. The van der Waals surface area contributed by atoms with Crippen molar-refractivity contribution in [3.63, 3.8) is 0 Å². The number of nitrogens with two attached hydrogens (primary N) is 1. The van der Waals surface area contributed by atoms with Crippen LogP contribution in [0.5, 0.6) is 5.75 Å². The number of primary amides is 1. The molecule has 0 saturated carbocycles. The van der Waals surface area contributed by atoms with Gasteiger partial charge in [0.1, 0.15) is 23.9 Å². The maximum atomic E-state index is 13.2. The van der Waals surface area contributed by atoms with Crippen molar-refractivity contribution in [3.05, 3.63) is 29.8 Å². The quantitative estimate of drug-likeness (QED) is 0.586. The fourth-order valence-electron chi connectivity index (χ4n) is 3.65. The predicted octanol–water partition coefficient (Wildman–Crippen LogP) is 1.05. The molecule has 3 amide bonds. The molecule has 30 heavy (non-hydrogen) atoms. The SMILES string of the molecule is COc1ccc(C[C@H](O)C(=O)N(C)[C@H](C(=O)N(C)[C@H](C(N)=O)C(C)C)C(C)C)cc1. The smallest absolute Gasteiger partial charge is 0.252 e. The Balaban J connectivity index is 3.00. The zero-order valence-electron chi connectivity index (χ0n) is 19.0. The number of likely N-dealkylation sites (N-methyl/N-ethyl adjacent to an activating group) is 2. The Morgan fingerprint density at radius 1 is 0.933 bits per heavy atom. The number of aliphatic hydroxyl groups excluding tert-OH is 1. The Kier molecular flexibility index (Phi) is 9.29. The summed E-state index contributed by atoms with van der Waals surface area (Å²) in [6, 6.07) is 5.42. The van der Waals surface area contributed by atoms with Gasteiger partial charge in [-0.15, -0.1) is 0 Å². The van der Waals surface area contributed by atoms with Crippen molar-refractivity contribution in [2.75, 3.05) is 21.2 Å². The van der Waals surface area contributed by atoms with Gasteiger partial charge < -0.3 is 25.4 Å². The molecule has 0 spiro atoms. The maximum Gasteiger partial charge on any atom is 0.252 e. The number of methoxy groups -OCH3 is 1. The first kappa shape index (κ1) is 25.4. The molecular formula is C22H35N3O5. The first-order valence-corrected chi connectivity index (χ1v) is 10.1. The second-order valence-electron chi connectivity index (χ2n) is 8.25. The van der Waals surface area contributed by atoms with Gasteiger partial charge >= 0.3 is 0 Å². The summed E-state index contributed by atoms with van der Waals surface area (Å²) < 4.78 is 5.11. The molecule has 0 saturated heterocycles. The number of carbonyl (C=O) groups excluding carboxylic acids is 3. The Morgan fingerprint density at radius 3 is 1.80 bits per heavy atom. The summed E-state index contributed by atoms with van der Waals surface area (Å²) in [4.78, 5) is 40.4. The van der Waals surface area contributed by atoms with Crippen molar-refractivity contribution >= 4 is 17.7 Å². The standard InChI is InChI=1S/C22H35N3O5/c1-13(2)18(20(23)27)24(5)22(29)19(14(3)4)25(6)21(28)17(26)12-15-8-10-16(30-7)11-9-15/h8-11,13-14,17-19,26H,12H2,1-7H3,(H2,23,27)/t17-,18-,19-/m0/s1. The van der Waals surface area contributed by atoms with E-state index in [0.717, 1.165) is 5.56 Å². The highest BCUT2D eigenvalue weighted by atomic mass is 16.5. The van der Waals surface area contributed by atoms with E-state index in [1.807, 2.05) is 13.8 Å². The van der Waals surface area contributed by atoms with E-state index >= 15 is 0 Å². The summed E-state index contributed by atoms with van der Waals surface area (Å²) in [5.41, 5.74) is 6.25. The van der Waals surface area contributed by atoms with Gasteiger partial charge in [0, 0.05) is 20.5 Å². The van der Waals surface area contributed by atoms with Crippen molar-refractivity contribution in [1.82, 2.24) is 9.80 Å². The van der Waals surface area contributed by atoms with E-state index in [-0.39, 0.29) is 18.3 Å². The topological polar surface area (TPSA) is 113 Å². The lowest BCUT2D eigenvalue weighted by atomic mass is 9.96. The average molecular weight is 422 g/mol. The molecule has 8 nitrogen and oxygen atoms in total. The number of amides is 3. The molecule has 0 aliphatic carbocycles. The predicted molar refractivity (Wildman–Crippen MR) is 115 cm³/mol. The van der Waals surface area contributed by atoms with Gasteiger partial charge in [0.15, 0.2) is 0 Å². The van der Waals surface area contributed by atoms with Crippen LogP contribution >= 0.6 is 0 Å². The second kappa shape index (κ2) is 11.0. The second-order valence-corrected chi connectivity index (χ2v) is 8.25. The third-order valence-corrected chi connectivity index (χ3v) is 5.21. The minimum absolute atomic E-state index is 0.109. The highest BCUT2D eigenvalue weighted by Crippen LogP contribution is 2.19. The normalized spacial score (nSPS) is 14.2. The third-order valence-electron chi connectivity index (χ3n) is 5.21. The number of aliphatic hydroxyl groups is 1. The fourth-order valence-corrected chi connectivity index (χ4v) is 3.65. The van der Waals surface area contributed by atoms with Crippen LogP contribution in [-0.4, -0.2) is 72.0 Å². The van der Waals surface area contributed by atoms with Crippen LogP contribution < -0.4 is 10.5 Å². The molecule has 168 valence electrons. The summed E-state index contributed by atoms with van der Waals surface area (Å²) in [5, 5.41) is 10.5. The Labute approximate surface area is 179 Å². The molecule has 3 atom stereocenters. The van der Waals surface area contributed by atoms with E-state index in [4.69, 9.17) is 10.5 Å². The van der Waals surface area contributed by atoms with E-state index in [0.29, 0.717) is 5.75 Å². The van der Waals surface area contributed by atoms with E-state index in [1.54, 1.807) is 45.2 Å². The largest absolute Gasteiger partial charge is 0.497 e. The summed E-state index contributed by atoms with van der Waals surface area (Å²) >= 11 is 0. The molecule has 8 heteroatoms. The average Bonchev–Trinajstić information content (AvgIpc) is 2.66. The molecular weight excluding hydrogens is 386 g/mol. The van der Waals surface area contributed by atoms with Crippen molar-refractivity contribution in [1.29, 1.82) is 0 Å². The summed E-state index contributed by atoms with van der Waals surface area (Å²) in [5.74, 6) is -1.29. The molecule has 1 aromatic rings. The molecule has 0 aliphatic heterocycles. The van der Waals surface area contributed by atoms with Gasteiger partial charge in [0.05, 0.1) is 7.11 Å². The van der Waals surface area contributed by atoms with Gasteiger partial charge in [-0.2, -0.15) is 0 Å². The van der Waals surface area contributed by atoms with E-state index in [1.165, 1.54) is 23.9 Å². The van der Waals surface area contributed by atoms with Crippen LogP contribution in [0.25, 0.3) is 0 Å². The van der Waals surface area contributed by atoms with Crippen LogP contribution in [0.2, 0.25) is 0 Å². The Bertz CT molecular complexity index is 733. The van der Waals surface area contributed by atoms with Crippen LogP contribution in [0.15, 0.2) is 24.3 Å². The lowest BCUT2D eigenvalue weighted by Crippen LogP contribution is -2.58. The van der Waals surface area contributed by atoms with Gasteiger partial charge in [-0.05, 0) is 29.5 Å². The van der Waals surface area contributed by atoms with Gasteiger partial charge in [-0.3, -0.25) is 14.4 Å². The molecule has 0 unspecified atom stereocenters. The van der Waals surface area contributed by atoms with Crippen LogP contribution in [0.3, 0.4) is 0 Å². The number of carbonyl (C=O) groups is 3. The van der Waals surface area contributed by atoms with E-state index in [9.17, 15) is 19.5 Å². The van der Waals surface area contributed by atoms with Crippen molar-refractivity contribution in [3.8, 4) is 5.75 Å². The monoisotopic (exact) mass is 421 g/mol. The van der Waals surface area contributed by atoms with Gasteiger partial charge in [0.2, 0.25) is 11.8 Å². The molecule has 0 aromatic heterocycles. The molecule has 0 fully saturated rings. The van der Waals surface area contributed by atoms with Crippen LogP contribution in [-0.2, 0) is 20.8 Å². The number of benzene rings is 1. The van der Waals surface area contributed by atoms with Crippen LogP contribution in [0, 0.1) is 11.8 Å². The molecule has 3 N–H and O–H groups in total. The number of hydrogen-bond donors (Lipinski definition) is 2. The van der Waals surface area contributed by atoms with Crippen LogP contribution in [0.1, 0.15) is 33.3 Å². The number of nitrogens with zero attached hydrogens (tertiary/aromatic N) is 2. The Hall–Kier alpha value is -2.61. The molecule has 0 heterocycles. The summed E-state index contributed by atoms with van der Waals surface area (Å²) in [7, 11) is 4.56. The lowest BCUT2D eigenvalue weighted by molar-refractivity contribution is -0.153. The minimum Gasteiger partial charge on any atom is -0.497 e. The van der Waals surface area contributed by atoms with Gasteiger partial charge in [-0.1, -0.05) is 39.8 Å². The van der Waals surface area contributed by atoms with Gasteiger partial charge in [-0.25, -0.2) is 0 Å². The third kappa shape index (κ3) is 6.19. The number of ether oxygens (including phenoxy) is 1. The molecule has 1 rings (SSSR count). The molecule has 1 aromatic carbocycles. The summed E-state index contributed by atoms with van der Waals surface area (Å²) in [6.45, 7) is 7.23. The van der Waals surface area contributed by atoms with Gasteiger partial charge in [0.25, 0.3) is 5.91 Å². The summed E-state index contributed by atoms with van der Waals surface area (Å²) in [6.07, 6.45) is -1.20. The van der Waals surface area contributed by atoms with E-state index in [2.05, 4.69) is 0 Å². The molecule has 0 radical (unpaired) electrons. The molecule has 0 aliphatic rings. The highest BCUT2D eigenvalue weighted by Gasteiger charge is 2.38. The van der Waals surface area contributed by atoms with Crippen molar-refractivity contribution in [2.45, 2.75) is 52.3 Å². The zero-order chi connectivity index (χ0) is 23.2. The van der Waals surface area contributed by atoms with Crippen molar-refractivity contribution in [2.24, 2.45) is 17.6 Å². The Morgan fingerprint density at radius 2 is 1.40 bits per heavy atom. The number of rotatable bonds is 10. The first-order valence-electron chi connectivity index (χ1n) is 10.1. The van der Waals surface area contributed by atoms with Crippen LogP contribution in [0.4, 0.5) is 0 Å². The number of hydrogen-bond acceptors (Lipinski definition) is 5. The zero-order valence-corrected chi connectivity index (χ0v) is 19.0. The fraction of sp³-hybridized carbons (Fsp3) is 0.591. The first-order chi connectivity index (χ1) is 13.9.